The molecule has 4 saturated carbocycles. The number of halogens is 3. The standard InChI is InChI=1S/C17H25F3O/c1-15-7-11(6-12(21)17(18,19)20)16(2,8-15)14-10-4-3-9(5-10)13(14)15/h9-14,21H,3-8H2,1-2H3. The van der Waals surface area contributed by atoms with Crippen LogP contribution in [-0.4, -0.2) is 17.4 Å². The van der Waals surface area contributed by atoms with Gasteiger partial charge in [-0.05, 0) is 78.9 Å². The van der Waals surface area contributed by atoms with E-state index in [-0.39, 0.29) is 23.2 Å². The molecule has 0 radical (unpaired) electrons. The Morgan fingerprint density at radius 3 is 2.38 bits per heavy atom. The van der Waals surface area contributed by atoms with E-state index in [4.69, 9.17) is 0 Å². The Morgan fingerprint density at radius 1 is 1.14 bits per heavy atom. The van der Waals surface area contributed by atoms with Gasteiger partial charge in [-0.15, -0.1) is 0 Å². The highest BCUT2D eigenvalue weighted by Crippen LogP contribution is 2.78. The van der Waals surface area contributed by atoms with E-state index in [1.54, 1.807) is 0 Å². The molecule has 4 fully saturated rings. The van der Waals surface area contributed by atoms with Gasteiger partial charge in [-0.25, -0.2) is 0 Å². The number of aliphatic hydroxyl groups excluding tert-OH is 1. The zero-order chi connectivity index (χ0) is 15.2. The van der Waals surface area contributed by atoms with E-state index in [1.807, 2.05) is 0 Å². The zero-order valence-corrected chi connectivity index (χ0v) is 12.8. The fourth-order valence-electron chi connectivity index (χ4n) is 7.53. The van der Waals surface area contributed by atoms with Crippen LogP contribution in [0, 0.1) is 40.4 Å². The molecule has 21 heavy (non-hydrogen) atoms. The van der Waals surface area contributed by atoms with Crippen LogP contribution in [0.2, 0.25) is 0 Å². The fraction of sp³-hybridized carbons (Fsp3) is 1.00. The Kier molecular flexibility index (Phi) is 2.72. The Balaban J connectivity index is 1.61. The third kappa shape index (κ3) is 1.74. The van der Waals surface area contributed by atoms with Crippen LogP contribution in [-0.2, 0) is 0 Å². The number of alkyl halides is 3. The van der Waals surface area contributed by atoms with Gasteiger partial charge in [0, 0.05) is 0 Å². The topological polar surface area (TPSA) is 20.2 Å². The van der Waals surface area contributed by atoms with Crippen LogP contribution >= 0.6 is 0 Å². The van der Waals surface area contributed by atoms with E-state index in [2.05, 4.69) is 13.8 Å². The molecule has 0 spiro atoms. The minimum atomic E-state index is -4.47. The second-order valence-corrected chi connectivity index (χ2v) is 8.92. The predicted octanol–water partition coefficient (Wildman–Crippen LogP) is 4.40. The third-order valence-corrected chi connectivity index (χ3v) is 7.80. The molecule has 0 aromatic heterocycles. The van der Waals surface area contributed by atoms with Gasteiger partial charge < -0.3 is 5.11 Å². The van der Waals surface area contributed by atoms with Crippen molar-refractivity contribution in [3.63, 3.8) is 0 Å². The molecular weight excluding hydrogens is 277 g/mol. The molecule has 120 valence electrons. The average Bonchev–Trinajstić information content (AvgIpc) is 3.04. The van der Waals surface area contributed by atoms with Gasteiger partial charge in [0.15, 0.2) is 0 Å². The molecule has 4 aliphatic carbocycles. The molecule has 0 heterocycles. The van der Waals surface area contributed by atoms with Crippen molar-refractivity contribution in [1.82, 2.24) is 0 Å². The van der Waals surface area contributed by atoms with Crippen LogP contribution in [0.1, 0.15) is 52.4 Å². The molecule has 1 nitrogen and oxygen atoms in total. The summed E-state index contributed by atoms with van der Waals surface area (Å²) < 4.78 is 38.2. The number of hydrogen-bond acceptors (Lipinski definition) is 1. The van der Waals surface area contributed by atoms with E-state index >= 15 is 0 Å². The van der Waals surface area contributed by atoms with Crippen molar-refractivity contribution >= 4 is 0 Å². The van der Waals surface area contributed by atoms with Crippen LogP contribution in [0.4, 0.5) is 13.2 Å². The monoisotopic (exact) mass is 302 g/mol. The summed E-state index contributed by atoms with van der Waals surface area (Å²) in [5.74, 6) is 3.00. The van der Waals surface area contributed by atoms with Gasteiger partial charge >= 0.3 is 6.18 Å². The highest BCUT2D eigenvalue weighted by Gasteiger charge is 2.72. The smallest absolute Gasteiger partial charge is 0.384 e. The second-order valence-electron chi connectivity index (χ2n) is 8.92. The van der Waals surface area contributed by atoms with Gasteiger partial charge in [0.2, 0.25) is 0 Å². The summed E-state index contributed by atoms with van der Waals surface area (Å²) in [4.78, 5) is 0. The van der Waals surface area contributed by atoms with Crippen molar-refractivity contribution in [3.05, 3.63) is 0 Å². The molecular formula is C17H25F3O. The minimum absolute atomic E-state index is 0.0332. The summed E-state index contributed by atoms with van der Waals surface area (Å²) in [7, 11) is 0. The Morgan fingerprint density at radius 2 is 1.76 bits per heavy atom. The molecule has 1 N–H and O–H groups in total. The van der Waals surface area contributed by atoms with Gasteiger partial charge in [0.1, 0.15) is 6.10 Å². The molecule has 0 amide bonds. The quantitative estimate of drug-likeness (QED) is 0.750. The lowest BCUT2D eigenvalue weighted by Crippen LogP contribution is -2.43. The van der Waals surface area contributed by atoms with Gasteiger partial charge in [-0.2, -0.15) is 13.2 Å². The number of fused-ring (bicyclic) bond motifs is 9. The molecule has 0 aromatic rings. The van der Waals surface area contributed by atoms with Crippen molar-refractivity contribution < 1.29 is 18.3 Å². The lowest BCUT2D eigenvalue weighted by Gasteiger charge is -2.48. The molecule has 4 heteroatoms. The maximum Gasteiger partial charge on any atom is 0.414 e. The van der Waals surface area contributed by atoms with Crippen molar-refractivity contribution in [1.29, 1.82) is 0 Å². The SMILES string of the molecule is CC12CC(CC(O)C(F)(F)F)C(C)(C1)C1C3CCC(C3)C12. The molecule has 8 unspecified atom stereocenters. The lowest BCUT2D eigenvalue weighted by molar-refractivity contribution is -0.212. The first-order valence-corrected chi connectivity index (χ1v) is 8.40. The normalized spacial score (nSPS) is 56.0. The molecule has 4 rings (SSSR count). The van der Waals surface area contributed by atoms with Gasteiger partial charge in [0.25, 0.3) is 0 Å². The number of aliphatic hydroxyl groups is 1. The van der Waals surface area contributed by atoms with E-state index in [0.717, 1.165) is 30.6 Å². The zero-order valence-electron chi connectivity index (χ0n) is 12.8. The third-order valence-electron chi connectivity index (χ3n) is 7.80. The highest BCUT2D eigenvalue weighted by molar-refractivity contribution is 5.20. The first-order chi connectivity index (χ1) is 9.65. The summed E-state index contributed by atoms with van der Waals surface area (Å²) in [5, 5.41) is 9.52. The summed E-state index contributed by atoms with van der Waals surface area (Å²) in [6.07, 6.45) is -0.782. The highest BCUT2D eigenvalue weighted by atomic mass is 19.4. The maximum atomic E-state index is 12.7. The van der Waals surface area contributed by atoms with Gasteiger partial charge in [-0.3, -0.25) is 0 Å². The fourth-order valence-corrected chi connectivity index (χ4v) is 7.53. The Hall–Kier alpha value is -0.250. The summed E-state index contributed by atoms with van der Waals surface area (Å²) in [6.45, 7) is 4.55. The molecule has 0 aromatic carbocycles. The largest absolute Gasteiger partial charge is 0.414 e. The van der Waals surface area contributed by atoms with Gasteiger partial charge in [-0.1, -0.05) is 13.8 Å². The van der Waals surface area contributed by atoms with Crippen LogP contribution in [0.25, 0.3) is 0 Å². The van der Waals surface area contributed by atoms with E-state index in [1.165, 1.54) is 19.3 Å². The Labute approximate surface area is 124 Å². The van der Waals surface area contributed by atoms with E-state index in [0.29, 0.717) is 5.92 Å². The van der Waals surface area contributed by atoms with Crippen molar-refractivity contribution in [2.75, 3.05) is 0 Å². The van der Waals surface area contributed by atoms with E-state index in [9.17, 15) is 18.3 Å². The van der Waals surface area contributed by atoms with Crippen molar-refractivity contribution in [3.8, 4) is 0 Å². The van der Waals surface area contributed by atoms with Crippen LogP contribution in [0.3, 0.4) is 0 Å². The van der Waals surface area contributed by atoms with Crippen LogP contribution in [0.5, 0.6) is 0 Å². The molecule has 0 aliphatic heterocycles. The second kappa shape index (κ2) is 3.98. The van der Waals surface area contributed by atoms with Crippen molar-refractivity contribution in [2.24, 2.45) is 40.4 Å². The van der Waals surface area contributed by atoms with Crippen LogP contribution in [0.15, 0.2) is 0 Å². The average molecular weight is 302 g/mol. The van der Waals surface area contributed by atoms with Gasteiger partial charge in [0.05, 0.1) is 0 Å². The molecule has 4 bridgehead atoms. The van der Waals surface area contributed by atoms with Crippen molar-refractivity contribution in [2.45, 2.75) is 64.7 Å². The minimum Gasteiger partial charge on any atom is -0.384 e. The maximum absolute atomic E-state index is 12.7. The summed E-state index contributed by atoms with van der Waals surface area (Å²) >= 11 is 0. The molecule has 8 atom stereocenters. The molecule has 0 saturated heterocycles. The Bertz CT molecular complexity index is 461. The van der Waals surface area contributed by atoms with E-state index < -0.39 is 12.3 Å². The summed E-state index contributed by atoms with van der Waals surface area (Å²) in [5.41, 5.74) is 0.265. The first-order valence-electron chi connectivity index (χ1n) is 8.40. The first kappa shape index (κ1) is 14.3. The predicted molar refractivity (Wildman–Crippen MR) is 73.4 cm³/mol. The number of hydrogen-bond donors (Lipinski definition) is 1. The lowest BCUT2D eigenvalue weighted by atomic mass is 9.57. The van der Waals surface area contributed by atoms with Crippen LogP contribution < -0.4 is 0 Å². The molecule has 4 aliphatic rings. The summed E-state index contributed by atoms with van der Waals surface area (Å²) in [6, 6.07) is 0. The number of rotatable bonds is 2.